The molecule has 9 heavy (non-hydrogen) atoms. The van der Waals surface area contributed by atoms with E-state index in [9.17, 15) is 0 Å². The van der Waals surface area contributed by atoms with Crippen LogP contribution in [0.3, 0.4) is 0 Å². The lowest BCUT2D eigenvalue weighted by Gasteiger charge is -1.93. The molecule has 2 heteroatoms. The maximum Gasteiger partial charge on any atom is 0.107 e. The van der Waals surface area contributed by atoms with Crippen molar-refractivity contribution in [1.82, 2.24) is 0 Å². The number of halogens is 1. The fraction of sp³-hybridized carbons (Fsp3) is 0.143. The van der Waals surface area contributed by atoms with E-state index < -0.39 is 0 Å². The molecule has 0 amide bonds. The lowest BCUT2D eigenvalue weighted by molar-refractivity contribution is 1.40. The summed E-state index contributed by atoms with van der Waals surface area (Å²) in [4.78, 5) is 0. The van der Waals surface area contributed by atoms with Gasteiger partial charge in [0.25, 0.3) is 0 Å². The fourth-order valence-electron chi connectivity index (χ4n) is 0.720. The predicted octanol–water partition coefficient (Wildman–Crippen LogP) is 1.47. The average molecular weight is 138 g/mol. The minimum absolute atomic E-state index is 0.812. The molecule has 1 rings (SSSR count). The van der Waals surface area contributed by atoms with Crippen LogP contribution in [0.5, 0.6) is 0 Å². The highest BCUT2D eigenvalue weighted by Crippen LogP contribution is 2.08. The van der Waals surface area contributed by atoms with Crippen LogP contribution in [0, 0.1) is 0 Å². The zero-order valence-corrected chi connectivity index (χ0v) is 6.15. The number of benzene rings is 1. The summed E-state index contributed by atoms with van der Waals surface area (Å²) in [6, 6.07) is 7.92. The number of hydrogen-bond acceptors (Lipinski definition) is 0. The summed E-state index contributed by atoms with van der Waals surface area (Å²) in [6.45, 7) is 0. The minimum atomic E-state index is 0.812. The van der Waals surface area contributed by atoms with Gasteiger partial charge in [-0.05, 0) is 12.1 Å². The summed E-state index contributed by atoms with van der Waals surface area (Å²) in [5.74, 6) is 0. The number of rotatable bonds is 1. The molecule has 0 aliphatic rings. The first-order valence-electron chi connectivity index (χ1n) is 3.07. The molecule has 0 fully saturated rings. The van der Waals surface area contributed by atoms with Crippen molar-refractivity contribution < 1.29 is 0 Å². The van der Waals surface area contributed by atoms with Crippen LogP contribution < -0.4 is 0 Å². The van der Waals surface area contributed by atoms with E-state index in [1.807, 2.05) is 24.3 Å². The van der Waals surface area contributed by atoms with Crippen LogP contribution in [0.15, 0.2) is 24.3 Å². The third kappa shape index (κ3) is 1.76. The lowest BCUT2D eigenvalue weighted by atomic mass is 9.97. The van der Waals surface area contributed by atoms with Crippen molar-refractivity contribution in [2.75, 3.05) is 0 Å². The Morgan fingerprint density at radius 2 is 1.78 bits per heavy atom. The van der Waals surface area contributed by atoms with Crippen LogP contribution in [0.25, 0.3) is 0 Å². The van der Waals surface area contributed by atoms with E-state index in [-0.39, 0.29) is 0 Å². The highest BCUT2D eigenvalue weighted by molar-refractivity contribution is 6.30. The second kappa shape index (κ2) is 2.93. The van der Waals surface area contributed by atoms with Crippen molar-refractivity contribution in [3.05, 3.63) is 34.9 Å². The van der Waals surface area contributed by atoms with Crippen molar-refractivity contribution >= 4 is 19.4 Å². The van der Waals surface area contributed by atoms with Gasteiger partial charge in [-0.1, -0.05) is 35.6 Å². The maximum atomic E-state index is 5.67. The summed E-state index contributed by atoms with van der Waals surface area (Å²) in [5.41, 5.74) is 1.33. The van der Waals surface area contributed by atoms with Gasteiger partial charge in [-0.25, -0.2) is 0 Å². The molecule has 0 saturated heterocycles. The monoisotopic (exact) mass is 138 g/mol. The fourth-order valence-corrected chi connectivity index (χ4v) is 0.846. The molecular weight excluding hydrogens is 130 g/mol. The Morgan fingerprint density at radius 1 is 1.22 bits per heavy atom. The Morgan fingerprint density at radius 3 is 2.22 bits per heavy atom. The second-order valence-corrected chi connectivity index (χ2v) is 2.42. The van der Waals surface area contributed by atoms with Gasteiger partial charge in [0.05, 0.1) is 0 Å². The van der Waals surface area contributed by atoms with Crippen molar-refractivity contribution in [3.8, 4) is 0 Å². The summed E-state index contributed by atoms with van der Waals surface area (Å²) in [5, 5.41) is 0.812. The van der Waals surface area contributed by atoms with Gasteiger partial charge in [0.1, 0.15) is 7.85 Å². The molecular formula is C7H8BCl. The quantitative estimate of drug-likeness (QED) is 0.516. The zero-order chi connectivity index (χ0) is 6.69. The Kier molecular flexibility index (Phi) is 2.18. The molecule has 0 N–H and O–H groups in total. The van der Waals surface area contributed by atoms with E-state index in [4.69, 9.17) is 11.6 Å². The molecule has 0 heterocycles. The van der Waals surface area contributed by atoms with Gasteiger partial charge in [-0.2, -0.15) is 0 Å². The average Bonchev–Trinajstić information content (AvgIpc) is 1.90. The van der Waals surface area contributed by atoms with Crippen molar-refractivity contribution in [1.29, 1.82) is 0 Å². The third-order valence-electron chi connectivity index (χ3n) is 1.32. The summed E-state index contributed by atoms with van der Waals surface area (Å²) in [6.07, 6.45) is 1.08. The molecule has 0 spiro atoms. The van der Waals surface area contributed by atoms with E-state index >= 15 is 0 Å². The van der Waals surface area contributed by atoms with Crippen LogP contribution in [-0.4, -0.2) is 7.85 Å². The van der Waals surface area contributed by atoms with Gasteiger partial charge in [-0.3, -0.25) is 0 Å². The topological polar surface area (TPSA) is 0 Å². The van der Waals surface area contributed by atoms with E-state index in [0.717, 1.165) is 11.3 Å². The molecule has 0 aliphatic carbocycles. The van der Waals surface area contributed by atoms with Gasteiger partial charge < -0.3 is 0 Å². The summed E-state index contributed by atoms with van der Waals surface area (Å²) in [7, 11) is 2.13. The molecule has 1 aromatic carbocycles. The van der Waals surface area contributed by atoms with Crippen LogP contribution in [0.2, 0.25) is 5.02 Å². The van der Waals surface area contributed by atoms with E-state index in [1.54, 1.807) is 0 Å². The van der Waals surface area contributed by atoms with Crippen LogP contribution >= 0.6 is 11.6 Å². The lowest BCUT2D eigenvalue weighted by Crippen LogP contribution is -1.80. The van der Waals surface area contributed by atoms with Crippen LogP contribution in [0.4, 0.5) is 0 Å². The van der Waals surface area contributed by atoms with Crippen molar-refractivity contribution in [2.24, 2.45) is 0 Å². The maximum absolute atomic E-state index is 5.67. The van der Waals surface area contributed by atoms with Gasteiger partial charge >= 0.3 is 0 Å². The first kappa shape index (κ1) is 6.69. The Hall–Kier alpha value is -0.425. The first-order valence-corrected chi connectivity index (χ1v) is 3.45. The van der Waals surface area contributed by atoms with Gasteiger partial charge in [0, 0.05) is 5.02 Å². The zero-order valence-electron chi connectivity index (χ0n) is 5.39. The normalized spacial score (nSPS) is 9.44. The van der Waals surface area contributed by atoms with Crippen LogP contribution in [-0.2, 0) is 6.32 Å². The highest BCUT2D eigenvalue weighted by atomic mass is 35.5. The second-order valence-electron chi connectivity index (χ2n) is 1.98. The SMILES string of the molecule is BCc1ccc(Cl)cc1. The van der Waals surface area contributed by atoms with E-state index in [2.05, 4.69) is 7.85 Å². The van der Waals surface area contributed by atoms with Gasteiger partial charge in [-0.15, -0.1) is 0 Å². The molecule has 0 saturated carbocycles. The summed E-state index contributed by atoms with van der Waals surface area (Å²) >= 11 is 5.67. The van der Waals surface area contributed by atoms with Crippen molar-refractivity contribution in [3.63, 3.8) is 0 Å². The molecule has 0 aromatic heterocycles. The molecule has 0 bridgehead atoms. The molecule has 46 valence electrons. The number of hydrogen-bond donors (Lipinski definition) is 0. The Labute approximate surface area is 61.3 Å². The molecule has 0 radical (unpaired) electrons. The Balaban J connectivity index is 2.88. The molecule has 0 unspecified atom stereocenters. The molecule has 0 nitrogen and oxygen atoms in total. The minimum Gasteiger partial charge on any atom is -0.0843 e. The largest absolute Gasteiger partial charge is 0.107 e. The molecule has 1 aromatic rings. The van der Waals surface area contributed by atoms with Crippen molar-refractivity contribution in [2.45, 2.75) is 6.32 Å². The first-order chi connectivity index (χ1) is 4.33. The van der Waals surface area contributed by atoms with E-state index in [1.165, 1.54) is 5.56 Å². The van der Waals surface area contributed by atoms with E-state index in [0.29, 0.717) is 0 Å². The smallest absolute Gasteiger partial charge is 0.0843 e. The molecule has 0 aliphatic heterocycles. The van der Waals surface area contributed by atoms with Gasteiger partial charge in [0.2, 0.25) is 0 Å². The third-order valence-corrected chi connectivity index (χ3v) is 1.57. The standard InChI is InChI=1S/C7H8BCl/c8-5-6-1-3-7(9)4-2-6/h1-4H,5,8H2. The van der Waals surface area contributed by atoms with Crippen LogP contribution in [0.1, 0.15) is 5.56 Å². The van der Waals surface area contributed by atoms with Gasteiger partial charge in [0.15, 0.2) is 0 Å². The summed E-state index contributed by atoms with van der Waals surface area (Å²) < 4.78 is 0. The Bertz CT molecular complexity index is 181. The highest BCUT2D eigenvalue weighted by Gasteiger charge is 1.86. The predicted molar refractivity (Wildman–Crippen MR) is 43.7 cm³/mol. The molecule has 0 atom stereocenters.